The maximum absolute atomic E-state index is 4.39. The lowest BCUT2D eigenvalue weighted by Gasteiger charge is -1.97. The van der Waals surface area contributed by atoms with Gasteiger partial charge in [0.25, 0.3) is 0 Å². The molecule has 1 aliphatic rings. The predicted octanol–water partition coefficient (Wildman–Crippen LogP) is 1.92. The first kappa shape index (κ1) is 8.23. The molecule has 0 aromatic carbocycles. The summed E-state index contributed by atoms with van der Waals surface area (Å²) in [7, 11) is 0. The van der Waals surface area contributed by atoms with Crippen molar-refractivity contribution >= 4 is 21.4 Å². The minimum atomic E-state index is 0.882. The van der Waals surface area contributed by atoms with E-state index in [-0.39, 0.29) is 0 Å². The molecular formula is C9H12N4S. The molecule has 5 heteroatoms. The van der Waals surface area contributed by atoms with Crippen molar-refractivity contribution in [1.82, 2.24) is 14.6 Å². The molecule has 4 nitrogen and oxygen atoms in total. The van der Waals surface area contributed by atoms with Gasteiger partial charge in [0.15, 0.2) is 0 Å². The lowest BCUT2D eigenvalue weighted by atomic mass is 10.4. The van der Waals surface area contributed by atoms with Crippen LogP contribution in [0.4, 0.5) is 5.13 Å². The summed E-state index contributed by atoms with van der Waals surface area (Å²) in [5.74, 6) is 0.882. The van der Waals surface area contributed by atoms with Gasteiger partial charge in [0.1, 0.15) is 0 Å². The molecule has 0 unspecified atom stereocenters. The Morgan fingerprint density at radius 3 is 3.21 bits per heavy atom. The predicted molar refractivity (Wildman–Crippen MR) is 56.8 cm³/mol. The molecule has 0 saturated heterocycles. The molecular weight excluding hydrogens is 196 g/mol. The first-order valence-electron chi connectivity index (χ1n) is 4.88. The van der Waals surface area contributed by atoms with Gasteiger partial charge in [-0.2, -0.15) is 0 Å². The Morgan fingerprint density at radius 1 is 1.64 bits per heavy atom. The van der Waals surface area contributed by atoms with Crippen molar-refractivity contribution < 1.29 is 0 Å². The van der Waals surface area contributed by atoms with E-state index in [1.54, 1.807) is 11.3 Å². The maximum Gasteiger partial charge on any atom is 0.214 e. The molecule has 14 heavy (non-hydrogen) atoms. The average molecular weight is 208 g/mol. The summed E-state index contributed by atoms with van der Waals surface area (Å²) in [5.41, 5.74) is 1.03. The van der Waals surface area contributed by atoms with Gasteiger partial charge in [0, 0.05) is 6.54 Å². The topological polar surface area (TPSA) is 42.2 Å². The highest BCUT2D eigenvalue weighted by atomic mass is 32.1. The third kappa shape index (κ3) is 1.48. The van der Waals surface area contributed by atoms with Crippen molar-refractivity contribution in [3.63, 3.8) is 0 Å². The molecule has 0 bridgehead atoms. The molecule has 1 aliphatic carbocycles. The largest absolute Gasteiger partial charge is 0.360 e. The van der Waals surface area contributed by atoms with Crippen molar-refractivity contribution in [2.45, 2.75) is 19.8 Å². The summed E-state index contributed by atoms with van der Waals surface area (Å²) in [6, 6.07) is 0. The first-order valence-corrected chi connectivity index (χ1v) is 5.69. The summed E-state index contributed by atoms with van der Waals surface area (Å²) in [4.78, 5) is 5.33. The monoisotopic (exact) mass is 208 g/mol. The van der Waals surface area contributed by atoms with Crippen molar-refractivity contribution in [2.24, 2.45) is 5.92 Å². The third-order valence-corrected chi connectivity index (χ3v) is 3.28. The number of rotatable bonds is 3. The van der Waals surface area contributed by atoms with Crippen molar-refractivity contribution in [2.75, 3.05) is 11.9 Å². The van der Waals surface area contributed by atoms with E-state index in [4.69, 9.17) is 0 Å². The Kier molecular flexibility index (Phi) is 1.73. The number of aromatic nitrogens is 3. The highest BCUT2D eigenvalue weighted by Gasteiger charge is 2.21. The molecule has 2 heterocycles. The molecule has 1 fully saturated rings. The number of hydrogen-bond donors (Lipinski definition) is 1. The van der Waals surface area contributed by atoms with E-state index in [9.17, 15) is 0 Å². The second-order valence-electron chi connectivity index (χ2n) is 3.84. The van der Waals surface area contributed by atoms with Crippen LogP contribution in [0.3, 0.4) is 0 Å². The molecule has 0 aliphatic heterocycles. The zero-order valence-corrected chi connectivity index (χ0v) is 8.84. The summed E-state index contributed by atoms with van der Waals surface area (Å²) < 4.78 is 1.84. The smallest absolute Gasteiger partial charge is 0.214 e. The van der Waals surface area contributed by atoms with Gasteiger partial charge in [-0.1, -0.05) is 11.3 Å². The SMILES string of the molecule is Cc1cn2nc(NCC3CC3)sc2n1. The molecule has 2 aromatic heterocycles. The highest BCUT2D eigenvalue weighted by molar-refractivity contribution is 7.20. The quantitative estimate of drug-likeness (QED) is 0.838. The minimum Gasteiger partial charge on any atom is -0.360 e. The van der Waals surface area contributed by atoms with Crippen LogP contribution in [0.25, 0.3) is 4.96 Å². The number of aryl methyl sites for hydroxylation is 1. The molecule has 0 amide bonds. The van der Waals surface area contributed by atoms with E-state index >= 15 is 0 Å². The minimum absolute atomic E-state index is 0.882. The molecule has 0 atom stereocenters. The van der Waals surface area contributed by atoms with Gasteiger partial charge in [-0.15, -0.1) is 5.10 Å². The van der Waals surface area contributed by atoms with Gasteiger partial charge < -0.3 is 5.32 Å². The van der Waals surface area contributed by atoms with Crippen LogP contribution in [-0.2, 0) is 0 Å². The van der Waals surface area contributed by atoms with Crippen LogP contribution in [-0.4, -0.2) is 21.1 Å². The molecule has 74 valence electrons. The lowest BCUT2D eigenvalue weighted by Crippen LogP contribution is -2.02. The second-order valence-corrected chi connectivity index (χ2v) is 4.80. The van der Waals surface area contributed by atoms with E-state index in [1.807, 2.05) is 17.6 Å². The van der Waals surface area contributed by atoms with Gasteiger partial charge in [-0.25, -0.2) is 9.50 Å². The van der Waals surface area contributed by atoms with E-state index in [0.29, 0.717) is 0 Å². The Bertz CT molecular complexity index is 423. The lowest BCUT2D eigenvalue weighted by molar-refractivity contribution is 0.874. The molecule has 0 spiro atoms. The Labute approximate surface area is 86.0 Å². The molecule has 2 aromatic rings. The zero-order valence-electron chi connectivity index (χ0n) is 8.03. The molecule has 1 N–H and O–H groups in total. The van der Waals surface area contributed by atoms with E-state index in [2.05, 4.69) is 15.4 Å². The van der Waals surface area contributed by atoms with Crippen LogP contribution in [0, 0.1) is 12.8 Å². The van der Waals surface area contributed by atoms with Crippen LogP contribution in [0.2, 0.25) is 0 Å². The maximum atomic E-state index is 4.39. The fraction of sp³-hybridized carbons (Fsp3) is 0.556. The van der Waals surface area contributed by atoms with Gasteiger partial charge in [-0.3, -0.25) is 0 Å². The standard InChI is InChI=1S/C9H12N4S/c1-6-5-13-9(11-6)14-8(12-13)10-4-7-2-3-7/h5,7H,2-4H2,1H3,(H,10,12). The van der Waals surface area contributed by atoms with Crippen LogP contribution in [0.5, 0.6) is 0 Å². The third-order valence-electron chi connectivity index (χ3n) is 2.40. The average Bonchev–Trinajstić information content (AvgIpc) is 2.80. The Morgan fingerprint density at radius 2 is 2.50 bits per heavy atom. The van der Waals surface area contributed by atoms with Gasteiger partial charge in [0.2, 0.25) is 10.1 Å². The normalized spacial score (nSPS) is 16.4. The van der Waals surface area contributed by atoms with Crippen LogP contribution >= 0.6 is 11.3 Å². The first-order chi connectivity index (χ1) is 6.81. The number of nitrogens with zero attached hydrogens (tertiary/aromatic N) is 3. The molecule has 3 rings (SSSR count). The molecule has 1 saturated carbocycles. The van der Waals surface area contributed by atoms with Crippen LogP contribution < -0.4 is 5.32 Å². The number of anilines is 1. The van der Waals surface area contributed by atoms with E-state index in [0.717, 1.165) is 28.2 Å². The van der Waals surface area contributed by atoms with Crippen LogP contribution in [0.15, 0.2) is 6.20 Å². The fourth-order valence-corrected chi connectivity index (χ4v) is 2.27. The van der Waals surface area contributed by atoms with Crippen LogP contribution in [0.1, 0.15) is 18.5 Å². The summed E-state index contributed by atoms with van der Waals surface area (Å²) in [6.45, 7) is 3.05. The molecule has 0 radical (unpaired) electrons. The van der Waals surface area contributed by atoms with Crippen molar-refractivity contribution in [3.8, 4) is 0 Å². The Balaban J connectivity index is 1.79. The number of hydrogen-bond acceptors (Lipinski definition) is 4. The second kappa shape index (κ2) is 2.95. The zero-order chi connectivity index (χ0) is 9.54. The summed E-state index contributed by atoms with van der Waals surface area (Å²) in [5, 5.41) is 8.73. The van der Waals surface area contributed by atoms with Crippen molar-refractivity contribution in [1.29, 1.82) is 0 Å². The highest BCUT2D eigenvalue weighted by Crippen LogP contribution is 2.29. The fourth-order valence-electron chi connectivity index (χ4n) is 1.43. The van der Waals surface area contributed by atoms with Gasteiger partial charge in [-0.05, 0) is 25.7 Å². The van der Waals surface area contributed by atoms with E-state index in [1.165, 1.54) is 12.8 Å². The number of imidazole rings is 1. The van der Waals surface area contributed by atoms with Crippen molar-refractivity contribution in [3.05, 3.63) is 11.9 Å². The Hall–Kier alpha value is -1.10. The number of nitrogens with one attached hydrogen (secondary N) is 1. The summed E-state index contributed by atoms with van der Waals surface area (Å²) >= 11 is 1.62. The van der Waals surface area contributed by atoms with E-state index < -0.39 is 0 Å². The summed E-state index contributed by atoms with van der Waals surface area (Å²) in [6.07, 6.45) is 4.69. The van der Waals surface area contributed by atoms with Gasteiger partial charge >= 0.3 is 0 Å². The number of fused-ring (bicyclic) bond motifs is 1. The van der Waals surface area contributed by atoms with Gasteiger partial charge in [0.05, 0.1) is 11.9 Å².